The van der Waals surface area contributed by atoms with Crippen molar-refractivity contribution in [1.29, 1.82) is 5.26 Å². The Labute approximate surface area is 197 Å². The zero-order valence-corrected chi connectivity index (χ0v) is 18.5. The fraction of sp³-hybridized carbons (Fsp3) is 0.231. The normalized spacial score (nSPS) is 19.3. The van der Waals surface area contributed by atoms with E-state index < -0.39 is 0 Å². The van der Waals surface area contributed by atoms with Gasteiger partial charge in [0, 0.05) is 44.4 Å². The summed E-state index contributed by atoms with van der Waals surface area (Å²) in [5.74, 6) is 0.00689. The Bertz CT molecular complexity index is 1310. The van der Waals surface area contributed by atoms with Crippen LogP contribution in [0.25, 0.3) is 0 Å². The van der Waals surface area contributed by atoms with Gasteiger partial charge in [-0.15, -0.1) is 5.11 Å². The molecule has 5 rings (SSSR count). The van der Waals surface area contributed by atoms with E-state index in [0.717, 1.165) is 16.8 Å². The Morgan fingerprint density at radius 2 is 1.94 bits per heavy atom. The second-order valence-electron chi connectivity index (χ2n) is 8.30. The van der Waals surface area contributed by atoms with Crippen LogP contribution in [0.5, 0.6) is 0 Å². The highest BCUT2D eigenvalue weighted by molar-refractivity contribution is 5.94. The molecule has 168 valence electrons. The van der Waals surface area contributed by atoms with Crippen LogP contribution in [0.3, 0.4) is 0 Å². The molecular weight excluding hydrogens is 428 g/mol. The van der Waals surface area contributed by atoms with Gasteiger partial charge >= 0.3 is 0 Å². The molecule has 2 aromatic rings. The van der Waals surface area contributed by atoms with E-state index in [-0.39, 0.29) is 17.7 Å². The van der Waals surface area contributed by atoms with Gasteiger partial charge in [0.05, 0.1) is 17.2 Å². The van der Waals surface area contributed by atoms with Crippen LogP contribution in [0.4, 0.5) is 5.82 Å². The second kappa shape index (κ2) is 9.24. The molecule has 2 amide bonds. The number of amides is 2. The van der Waals surface area contributed by atoms with Crippen molar-refractivity contribution in [2.24, 2.45) is 16.1 Å². The number of benzene rings is 1. The van der Waals surface area contributed by atoms with Crippen molar-refractivity contribution >= 4 is 17.6 Å². The van der Waals surface area contributed by atoms with E-state index >= 15 is 0 Å². The van der Waals surface area contributed by atoms with Crippen molar-refractivity contribution < 1.29 is 9.59 Å². The van der Waals surface area contributed by atoms with Gasteiger partial charge in [-0.3, -0.25) is 9.59 Å². The largest absolute Gasteiger partial charge is 0.352 e. The number of azo groups is 1. The predicted octanol–water partition coefficient (Wildman–Crippen LogP) is 3.45. The maximum absolute atomic E-state index is 13.2. The average Bonchev–Trinajstić information content (AvgIpc) is 2.90. The third-order valence-corrected chi connectivity index (χ3v) is 6.21. The van der Waals surface area contributed by atoms with E-state index in [9.17, 15) is 14.9 Å². The Balaban J connectivity index is 1.28. The number of carbonyl (C=O) groups is 2. The van der Waals surface area contributed by atoms with E-state index in [4.69, 9.17) is 0 Å². The molecular formula is C26H22N6O2. The maximum Gasteiger partial charge on any atom is 0.275 e. The van der Waals surface area contributed by atoms with Gasteiger partial charge in [0.1, 0.15) is 11.9 Å². The van der Waals surface area contributed by atoms with Crippen LogP contribution in [-0.2, 0) is 11.2 Å². The number of piperazine rings is 1. The summed E-state index contributed by atoms with van der Waals surface area (Å²) in [7, 11) is 0. The molecule has 1 fully saturated rings. The van der Waals surface area contributed by atoms with Gasteiger partial charge in [0.2, 0.25) is 0 Å². The molecule has 2 aliphatic heterocycles. The van der Waals surface area contributed by atoms with Crippen LogP contribution in [-0.4, -0.2) is 47.9 Å². The van der Waals surface area contributed by atoms with E-state index in [2.05, 4.69) is 21.3 Å². The van der Waals surface area contributed by atoms with Crippen molar-refractivity contribution in [2.75, 3.05) is 31.1 Å². The summed E-state index contributed by atoms with van der Waals surface area (Å²) in [6.45, 7) is 2.33. The lowest BCUT2D eigenvalue weighted by molar-refractivity contribution is -0.120. The van der Waals surface area contributed by atoms with Crippen molar-refractivity contribution in [2.45, 2.75) is 6.42 Å². The summed E-state index contributed by atoms with van der Waals surface area (Å²) >= 11 is 0. The van der Waals surface area contributed by atoms with E-state index in [1.54, 1.807) is 18.3 Å². The van der Waals surface area contributed by atoms with Crippen molar-refractivity contribution in [3.8, 4) is 6.07 Å². The highest BCUT2D eigenvalue weighted by atomic mass is 16.2. The highest BCUT2D eigenvalue weighted by Crippen LogP contribution is 2.30. The summed E-state index contributed by atoms with van der Waals surface area (Å²) < 4.78 is 0. The standard InChI is InChI=1S/C26H22N6O2/c27-17-20-7-4-10-28-24(20)31-11-13-32(14-12-31)26(34)19-6-3-5-18(15-19)16-23-21-8-1-2-9-22(21)25(33)30-29-23/h1-10,15,22H,11-14,16H2. The van der Waals surface area contributed by atoms with Crippen molar-refractivity contribution in [3.05, 3.63) is 94.9 Å². The number of hydrogen-bond donors (Lipinski definition) is 0. The van der Waals surface area contributed by atoms with E-state index in [0.29, 0.717) is 49.5 Å². The molecule has 8 heteroatoms. The first-order valence-corrected chi connectivity index (χ1v) is 11.2. The molecule has 1 aromatic carbocycles. The molecule has 8 nitrogen and oxygen atoms in total. The molecule has 1 aromatic heterocycles. The van der Waals surface area contributed by atoms with Gasteiger partial charge in [0.25, 0.3) is 11.8 Å². The molecule has 34 heavy (non-hydrogen) atoms. The van der Waals surface area contributed by atoms with E-state index in [1.807, 2.05) is 58.4 Å². The first kappa shape index (κ1) is 21.5. The lowest BCUT2D eigenvalue weighted by Crippen LogP contribution is -2.49. The Hall–Kier alpha value is -4.38. The first-order valence-electron chi connectivity index (χ1n) is 11.2. The molecule has 1 atom stereocenters. The molecule has 3 aliphatic rings. The number of anilines is 1. The minimum atomic E-state index is -0.376. The number of hydrogen-bond acceptors (Lipinski definition) is 6. The number of rotatable bonds is 4. The molecule has 0 saturated carbocycles. The quantitative estimate of drug-likeness (QED) is 0.710. The van der Waals surface area contributed by atoms with Gasteiger partial charge < -0.3 is 9.80 Å². The molecule has 0 N–H and O–H groups in total. The Kier molecular flexibility index (Phi) is 5.83. The van der Waals surface area contributed by atoms with Crippen LogP contribution < -0.4 is 4.90 Å². The molecule has 1 saturated heterocycles. The zero-order chi connectivity index (χ0) is 23.5. The van der Waals surface area contributed by atoms with Gasteiger partial charge in [-0.05, 0) is 35.4 Å². The minimum Gasteiger partial charge on any atom is -0.352 e. The minimum absolute atomic E-state index is 0.0282. The lowest BCUT2D eigenvalue weighted by Gasteiger charge is -2.35. The SMILES string of the molecule is N#Cc1cccnc1N1CCN(C(=O)c2cccc(CC3=C4C=CC=CC4C(=O)N=N3)c2)CC1. The van der Waals surface area contributed by atoms with Gasteiger partial charge in [-0.25, -0.2) is 4.98 Å². The van der Waals surface area contributed by atoms with Crippen LogP contribution >= 0.6 is 0 Å². The summed E-state index contributed by atoms with van der Waals surface area (Å²) in [6, 6.07) is 13.2. The molecule has 3 heterocycles. The first-order chi connectivity index (χ1) is 16.6. The number of nitrogens with zero attached hydrogens (tertiary/aromatic N) is 6. The summed E-state index contributed by atoms with van der Waals surface area (Å²) in [4.78, 5) is 33.5. The predicted molar refractivity (Wildman–Crippen MR) is 126 cm³/mol. The summed E-state index contributed by atoms with van der Waals surface area (Å²) in [5, 5.41) is 17.3. The average molecular weight is 451 g/mol. The smallest absolute Gasteiger partial charge is 0.275 e. The molecule has 0 bridgehead atoms. The summed E-state index contributed by atoms with van der Waals surface area (Å²) in [6.07, 6.45) is 9.65. The number of fused-ring (bicyclic) bond motifs is 1. The number of pyridine rings is 1. The monoisotopic (exact) mass is 450 g/mol. The van der Waals surface area contributed by atoms with Crippen LogP contribution in [0, 0.1) is 17.2 Å². The van der Waals surface area contributed by atoms with Gasteiger partial charge in [-0.2, -0.15) is 10.4 Å². The number of carbonyl (C=O) groups excluding carboxylic acids is 2. The molecule has 1 unspecified atom stereocenters. The van der Waals surface area contributed by atoms with Gasteiger partial charge in [-0.1, -0.05) is 36.4 Å². The maximum atomic E-state index is 13.2. The highest BCUT2D eigenvalue weighted by Gasteiger charge is 2.28. The fourth-order valence-electron chi connectivity index (χ4n) is 4.45. The van der Waals surface area contributed by atoms with Crippen molar-refractivity contribution in [3.63, 3.8) is 0 Å². The second-order valence-corrected chi connectivity index (χ2v) is 8.30. The third kappa shape index (κ3) is 4.16. The number of allylic oxidation sites excluding steroid dienone is 4. The number of aromatic nitrogens is 1. The van der Waals surface area contributed by atoms with Crippen LogP contribution in [0.15, 0.2) is 88.4 Å². The van der Waals surface area contributed by atoms with Gasteiger partial charge in [0.15, 0.2) is 0 Å². The molecule has 0 spiro atoms. The Morgan fingerprint density at radius 1 is 1.09 bits per heavy atom. The Morgan fingerprint density at radius 3 is 2.76 bits per heavy atom. The lowest BCUT2D eigenvalue weighted by atomic mass is 9.89. The fourth-order valence-corrected chi connectivity index (χ4v) is 4.45. The van der Waals surface area contributed by atoms with Crippen LogP contribution in [0.1, 0.15) is 21.5 Å². The summed E-state index contributed by atoms with van der Waals surface area (Å²) in [5.41, 5.74) is 3.70. The molecule has 0 radical (unpaired) electrons. The van der Waals surface area contributed by atoms with Crippen molar-refractivity contribution in [1.82, 2.24) is 9.88 Å². The van der Waals surface area contributed by atoms with E-state index in [1.165, 1.54) is 0 Å². The number of nitriles is 1. The van der Waals surface area contributed by atoms with Crippen LogP contribution in [0.2, 0.25) is 0 Å². The molecule has 1 aliphatic carbocycles. The third-order valence-electron chi connectivity index (χ3n) is 6.21. The topological polar surface area (TPSA) is 102 Å². The zero-order valence-electron chi connectivity index (χ0n) is 18.5.